The molecule has 0 N–H and O–H groups in total. The van der Waals surface area contributed by atoms with Crippen molar-refractivity contribution in [1.29, 1.82) is 0 Å². The largest absolute Gasteiger partial charge is 0.494 e. The molecule has 6 rings (SSSR count). The molecule has 1 aliphatic rings. The Kier molecular flexibility index (Phi) is 11.5. The topological polar surface area (TPSA) is 148 Å². The number of benzene rings is 3. The Morgan fingerprint density at radius 2 is 1.49 bits per heavy atom. The first kappa shape index (κ1) is 38.6. The van der Waals surface area contributed by atoms with Gasteiger partial charge in [0.1, 0.15) is 12.2 Å². The quantitative estimate of drug-likeness (QED) is 0.0642. The minimum absolute atomic E-state index is 0.0350. The van der Waals surface area contributed by atoms with Crippen LogP contribution < -0.4 is 33.3 Å². The second-order valence-electron chi connectivity index (χ2n) is 12.5. The number of piperazine rings is 1. The number of carbonyl (C=O) groups excluding carboxylic acids is 1. The van der Waals surface area contributed by atoms with Crippen molar-refractivity contribution in [3.63, 3.8) is 0 Å². The number of hydrogen-bond donors (Lipinski definition) is 0. The second-order valence-corrected chi connectivity index (χ2v) is 12.5. The summed E-state index contributed by atoms with van der Waals surface area (Å²) < 4.78 is 69.8. The van der Waals surface area contributed by atoms with Crippen molar-refractivity contribution in [1.82, 2.24) is 9.88 Å². The van der Waals surface area contributed by atoms with Gasteiger partial charge in [-0.15, -0.1) is 0 Å². The fourth-order valence-corrected chi connectivity index (χ4v) is 6.57. The number of fused-ring (bicyclic) bond motifs is 1. The highest BCUT2D eigenvalue weighted by molar-refractivity contribution is 6.12. The third-order valence-corrected chi connectivity index (χ3v) is 9.52. The van der Waals surface area contributed by atoms with Gasteiger partial charge in [-0.1, -0.05) is 6.92 Å². The van der Waals surface area contributed by atoms with Crippen LogP contribution in [0, 0.1) is 21.7 Å². The molecule has 0 spiro atoms. The summed E-state index contributed by atoms with van der Waals surface area (Å²) in [6.45, 7) is 6.07. The normalized spacial score (nSPS) is 13.1. The van der Waals surface area contributed by atoms with Crippen molar-refractivity contribution < 1.29 is 51.3 Å². The first-order valence-electron chi connectivity index (χ1n) is 17.3. The molecule has 0 radical (unpaired) electrons. The molecule has 0 saturated carbocycles. The van der Waals surface area contributed by atoms with E-state index in [1.807, 2.05) is 6.07 Å². The summed E-state index contributed by atoms with van der Waals surface area (Å²) in [6.07, 6.45) is 1.35. The lowest BCUT2D eigenvalue weighted by Crippen LogP contribution is -2.46. The number of nitrogens with zero attached hydrogens (tertiary/aromatic N) is 4. The fraction of sp³-hybridized carbons (Fsp3) is 0.333. The molecular weight excluding hydrogens is 722 g/mol. The monoisotopic (exact) mass is 762 g/mol. The Labute approximate surface area is 315 Å². The number of halogens is 2. The lowest BCUT2D eigenvalue weighted by Gasteiger charge is -2.35. The SMILES string of the molecule is CCN1CCN(c2ccc(Cc3cc4c(OCc5cc(OC)c(OC)c(OC)c5)c(C(=O)c5c(F)c(OC)cc(OC)c5F)oc4cn3)c([N+](=O)[O-])c2)CC1. The number of furan rings is 1. The van der Waals surface area contributed by atoms with Gasteiger partial charge in [-0.05, 0) is 42.4 Å². The van der Waals surface area contributed by atoms with Gasteiger partial charge in [0.15, 0.2) is 46.0 Å². The average molecular weight is 763 g/mol. The third kappa shape index (κ3) is 7.62. The van der Waals surface area contributed by atoms with E-state index in [4.69, 9.17) is 32.8 Å². The summed E-state index contributed by atoms with van der Waals surface area (Å²) in [7, 11) is 6.69. The van der Waals surface area contributed by atoms with Crippen LogP contribution in [0.4, 0.5) is 20.2 Å². The van der Waals surface area contributed by atoms with Gasteiger partial charge < -0.3 is 42.6 Å². The van der Waals surface area contributed by atoms with Gasteiger partial charge in [0, 0.05) is 61.7 Å². The summed E-state index contributed by atoms with van der Waals surface area (Å²) in [4.78, 5) is 34.9. The summed E-state index contributed by atoms with van der Waals surface area (Å²) in [5.41, 5.74) is 1.04. The van der Waals surface area contributed by atoms with Crippen LogP contribution >= 0.6 is 0 Å². The molecule has 55 heavy (non-hydrogen) atoms. The number of nitro groups is 1. The van der Waals surface area contributed by atoms with Crippen LogP contribution in [0.2, 0.25) is 0 Å². The minimum atomic E-state index is -1.27. The molecule has 0 atom stereocenters. The highest BCUT2D eigenvalue weighted by atomic mass is 19.1. The number of anilines is 1. The second kappa shape index (κ2) is 16.5. The van der Waals surface area contributed by atoms with Crippen LogP contribution in [0.15, 0.2) is 53.1 Å². The summed E-state index contributed by atoms with van der Waals surface area (Å²) in [5, 5.41) is 12.5. The molecular formula is C39H40F2N4O10. The summed E-state index contributed by atoms with van der Waals surface area (Å²) in [5.74, 6) is -4.29. The maximum atomic E-state index is 15.6. The first-order chi connectivity index (χ1) is 26.5. The van der Waals surface area contributed by atoms with Crippen LogP contribution in [-0.4, -0.2) is 88.9 Å². The zero-order chi connectivity index (χ0) is 39.4. The number of likely N-dealkylation sites (N-methyl/N-ethyl adjacent to an activating group) is 1. The Balaban J connectivity index is 1.42. The number of carbonyl (C=O) groups is 1. The van der Waals surface area contributed by atoms with Gasteiger partial charge in [0.05, 0.1) is 52.1 Å². The van der Waals surface area contributed by atoms with Gasteiger partial charge in [-0.3, -0.25) is 19.9 Å². The summed E-state index contributed by atoms with van der Waals surface area (Å²) >= 11 is 0. The molecule has 14 nitrogen and oxygen atoms in total. The lowest BCUT2D eigenvalue weighted by molar-refractivity contribution is -0.385. The van der Waals surface area contributed by atoms with Gasteiger partial charge in [0.2, 0.25) is 17.3 Å². The van der Waals surface area contributed by atoms with E-state index in [1.165, 1.54) is 27.5 Å². The zero-order valence-electron chi connectivity index (χ0n) is 31.2. The number of hydrogen-bond acceptors (Lipinski definition) is 13. The van der Waals surface area contributed by atoms with Crippen LogP contribution in [0.1, 0.15) is 39.9 Å². The minimum Gasteiger partial charge on any atom is -0.494 e. The highest BCUT2D eigenvalue weighted by Gasteiger charge is 2.33. The third-order valence-electron chi connectivity index (χ3n) is 9.52. The van der Waals surface area contributed by atoms with E-state index in [-0.39, 0.29) is 35.4 Å². The van der Waals surface area contributed by atoms with E-state index in [0.717, 1.165) is 58.7 Å². The predicted octanol–water partition coefficient (Wildman–Crippen LogP) is 6.60. The Bertz CT molecular complexity index is 2180. The molecule has 1 aliphatic heterocycles. The average Bonchev–Trinajstić information content (AvgIpc) is 3.57. The molecule has 0 amide bonds. The van der Waals surface area contributed by atoms with Crippen molar-refractivity contribution in [3.05, 3.63) is 98.6 Å². The van der Waals surface area contributed by atoms with E-state index in [9.17, 15) is 14.9 Å². The predicted molar refractivity (Wildman–Crippen MR) is 198 cm³/mol. The van der Waals surface area contributed by atoms with Crippen LogP contribution in [-0.2, 0) is 13.0 Å². The molecule has 3 aromatic carbocycles. The Morgan fingerprint density at radius 3 is 2.05 bits per heavy atom. The number of pyridine rings is 1. The van der Waals surface area contributed by atoms with Crippen LogP contribution in [0.25, 0.3) is 11.0 Å². The number of ether oxygens (including phenoxy) is 6. The van der Waals surface area contributed by atoms with Crippen molar-refractivity contribution in [2.24, 2.45) is 0 Å². The Morgan fingerprint density at radius 1 is 0.855 bits per heavy atom. The number of aromatic nitrogens is 1. The molecule has 0 bridgehead atoms. The van der Waals surface area contributed by atoms with Crippen LogP contribution in [0.5, 0.6) is 34.5 Å². The highest BCUT2D eigenvalue weighted by Crippen LogP contribution is 2.41. The van der Waals surface area contributed by atoms with E-state index in [2.05, 4.69) is 21.7 Å². The molecule has 2 aromatic heterocycles. The van der Waals surface area contributed by atoms with Gasteiger partial charge in [-0.2, -0.15) is 0 Å². The maximum absolute atomic E-state index is 15.6. The maximum Gasteiger partial charge on any atom is 0.275 e. The molecule has 3 heterocycles. The first-order valence-corrected chi connectivity index (χ1v) is 17.3. The Hall–Kier alpha value is -6.16. The van der Waals surface area contributed by atoms with E-state index in [1.54, 1.807) is 30.3 Å². The molecule has 5 aromatic rings. The molecule has 290 valence electrons. The van der Waals surface area contributed by atoms with Gasteiger partial charge >= 0.3 is 0 Å². The lowest BCUT2D eigenvalue weighted by atomic mass is 10.0. The van der Waals surface area contributed by atoms with Crippen molar-refractivity contribution in [2.45, 2.75) is 20.0 Å². The fourth-order valence-electron chi connectivity index (χ4n) is 6.57. The van der Waals surface area contributed by atoms with Crippen LogP contribution in [0.3, 0.4) is 0 Å². The van der Waals surface area contributed by atoms with Crippen molar-refractivity contribution in [3.8, 4) is 34.5 Å². The molecule has 0 aliphatic carbocycles. The molecule has 1 saturated heterocycles. The van der Waals surface area contributed by atoms with Gasteiger partial charge in [-0.25, -0.2) is 8.78 Å². The smallest absolute Gasteiger partial charge is 0.275 e. The summed E-state index contributed by atoms with van der Waals surface area (Å²) in [6, 6.07) is 10.9. The van der Waals surface area contributed by atoms with Crippen molar-refractivity contribution in [2.75, 3.05) is 73.2 Å². The molecule has 16 heteroatoms. The van der Waals surface area contributed by atoms with Crippen molar-refractivity contribution >= 4 is 28.1 Å². The number of methoxy groups -OCH3 is 5. The molecule has 1 fully saturated rings. The van der Waals surface area contributed by atoms with E-state index < -0.39 is 45.2 Å². The number of rotatable bonds is 15. The van der Waals surface area contributed by atoms with E-state index in [0.29, 0.717) is 34.1 Å². The number of ketones is 1. The standard InChI is InChI=1S/C39H40F2N4O10/c1-7-43-10-12-44(13-11-43)25-9-8-23(27(18-25)45(47)48)16-24-17-26-32(20-42-24)55-39(36(46)33-34(40)28(49-2)19-29(50-3)35(33)41)37(26)54-21-22-14-30(51-4)38(53-6)31(15-22)52-5/h8-9,14-15,17-20H,7,10-13,16,21H2,1-6H3. The van der Waals surface area contributed by atoms with E-state index >= 15 is 8.78 Å². The molecule has 0 unspecified atom stereocenters. The zero-order valence-corrected chi connectivity index (χ0v) is 31.2. The number of nitro benzene ring substituents is 1. The van der Waals surface area contributed by atoms with Gasteiger partial charge in [0.25, 0.3) is 5.69 Å².